The van der Waals surface area contributed by atoms with Crippen molar-refractivity contribution in [2.45, 2.75) is 53.1 Å². The first-order chi connectivity index (χ1) is 8.16. The maximum atomic E-state index is 5.69. The first kappa shape index (κ1) is 16.9. The van der Waals surface area contributed by atoms with E-state index in [9.17, 15) is 0 Å². The van der Waals surface area contributed by atoms with Crippen LogP contribution in [0.2, 0.25) is 0 Å². The summed E-state index contributed by atoms with van der Waals surface area (Å²) in [5, 5.41) is 3.32. The minimum atomic E-state index is 0.373. The van der Waals surface area contributed by atoms with E-state index >= 15 is 0 Å². The Bertz CT molecular complexity index is 151. The molecule has 0 aliphatic carbocycles. The van der Waals surface area contributed by atoms with Gasteiger partial charge in [0.05, 0.1) is 19.3 Å². The average Bonchev–Trinajstić information content (AvgIpc) is 2.26. The van der Waals surface area contributed by atoms with Crippen LogP contribution in [0.15, 0.2) is 0 Å². The highest BCUT2D eigenvalue weighted by Crippen LogP contribution is 2.06. The highest BCUT2D eigenvalue weighted by Gasteiger charge is 2.04. The number of ether oxygens (including phenoxy) is 2. The largest absolute Gasteiger partial charge is 0.380 e. The molecule has 0 amide bonds. The van der Waals surface area contributed by atoms with Gasteiger partial charge in [-0.05, 0) is 25.7 Å². The summed E-state index contributed by atoms with van der Waals surface area (Å²) in [6.07, 6.45) is 3.88. The van der Waals surface area contributed by atoms with Gasteiger partial charge in [-0.15, -0.1) is 0 Å². The third-order valence-electron chi connectivity index (χ3n) is 2.55. The quantitative estimate of drug-likeness (QED) is 0.536. The molecule has 104 valence electrons. The molecular weight excluding hydrogens is 214 g/mol. The van der Waals surface area contributed by atoms with Crippen molar-refractivity contribution in [1.29, 1.82) is 0 Å². The van der Waals surface area contributed by atoms with Crippen molar-refractivity contribution in [3.8, 4) is 0 Å². The summed E-state index contributed by atoms with van der Waals surface area (Å²) in [6, 6.07) is 0. The van der Waals surface area contributed by atoms with Crippen LogP contribution in [0.4, 0.5) is 0 Å². The molecule has 0 aliphatic rings. The SMILES string of the molecule is CCCCOCCNCCOC(C)CC(C)C. The molecule has 0 saturated carbocycles. The third kappa shape index (κ3) is 13.8. The van der Waals surface area contributed by atoms with E-state index in [1.165, 1.54) is 6.42 Å². The molecule has 0 aliphatic heterocycles. The molecule has 0 heterocycles. The van der Waals surface area contributed by atoms with Crippen molar-refractivity contribution in [3.63, 3.8) is 0 Å². The zero-order valence-corrected chi connectivity index (χ0v) is 12.1. The van der Waals surface area contributed by atoms with Crippen molar-refractivity contribution in [1.82, 2.24) is 5.32 Å². The van der Waals surface area contributed by atoms with Gasteiger partial charge in [-0.3, -0.25) is 0 Å². The number of rotatable bonds is 12. The Labute approximate surface area is 107 Å². The van der Waals surface area contributed by atoms with Gasteiger partial charge in [0, 0.05) is 19.7 Å². The molecule has 17 heavy (non-hydrogen) atoms. The van der Waals surface area contributed by atoms with Crippen molar-refractivity contribution in [2.24, 2.45) is 5.92 Å². The van der Waals surface area contributed by atoms with E-state index < -0.39 is 0 Å². The summed E-state index contributed by atoms with van der Waals surface area (Å²) >= 11 is 0. The van der Waals surface area contributed by atoms with Gasteiger partial charge >= 0.3 is 0 Å². The Balaban J connectivity index is 3.07. The molecule has 0 rings (SSSR count). The maximum absolute atomic E-state index is 5.69. The summed E-state index contributed by atoms with van der Waals surface area (Å²) in [4.78, 5) is 0. The van der Waals surface area contributed by atoms with Gasteiger partial charge in [-0.1, -0.05) is 27.2 Å². The van der Waals surface area contributed by atoms with Crippen LogP contribution >= 0.6 is 0 Å². The summed E-state index contributed by atoms with van der Waals surface area (Å²) < 4.78 is 11.1. The Hall–Kier alpha value is -0.120. The standard InChI is InChI=1S/C14H31NO2/c1-5-6-9-16-10-7-15-8-11-17-14(4)12-13(2)3/h13-15H,5-12H2,1-4H3. The molecule has 0 aromatic rings. The zero-order valence-electron chi connectivity index (χ0n) is 12.1. The number of hydrogen-bond acceptors (Lipinski definition) is 3. The maximum Gasteiger partial charge on any atom is 0.0594 e. The van der Waals surface area contributed by atoms with Crippen LogP contribution < -0.4 is 5.32 Å². The van der Waals surface area contributed by atoms with E-state index in [2.05, 4.69) is 33.0 Å². The summed E-state index contributed by atoms with van der Waals surface area (Å²) in [5.41, 5.74) is 0. The first-order valence-electron chi connectivity index (χ1n) is 7.06. The predicted molar refractivity (Wildman–Crippen MR) is 73.5 cm³/mol. The molecule has 1 unspecified atom stereocenters. The predicted octanol–water partition coefficient (Wildman–Crippen LogP) is 2.84. The Morgan fingerprint density at radius 1 is 1.00 bits per heavy atom. The fourth-order valence-electron chi connectivity index (χ4n) is 1.68. The number of nitrogens with one attached hydrogen (secondary N) is 1. The van der Waals surface area contributed by atoms with Crippen LogP contribution in [-0.2, 0) is 9.47 Å². The molecule has 0 aromatic carbocycles. The molecule has 0 radical (unpaired) electrons. The highest BCUT2D eigenvalue weighted by atomic mass is 16.5. The summed E-state index contributed by atoms with van der Waals surface area (Å²) in [6.45, 7) is 13.1. The van der Waals surface area contributed by atoms with Gasteiger partial charge in [-0.25, -0.2) is 0 Å². The molecule has 3 heteroatoms. The fraction of sp³-hybridized carbons (Fsp3) is 1.00. The Kier molecular flexibility index (Phi) is 12.3. The van der Waals surface area contributed by atoms with Crippen LogP contribution in [-0.4, -0.2) is 39.0 Å². The lowest BCUT2D eigenvalue weighted by Gasteiger charge is -2.15. The Morgan fingerprint density at radius 3 is 2.35 bits per heavy atom. The Morgan fingerprint density at radius 2 is 1.71 bits per heavy atom. The monoisotopic (exact) mass is 245 g/mol. The normalized spacial score (nSPS) is 13.2. The lowest BCUT2D eigenvalue weighted by molar-refractivity contribution is 0.0525. The lowest BCUT2D eigenvalue weighted by atomic mass is 10.1. The van der Waals surface area contributed by atoms with Crippen LogP contribution in [0.1, 0.15) is 47.0 Å². The summed E-state index contributed by atoms with van der Waals surface area (Å²) in [5.74, 6) is 0.713. The van der Waals surface area contributed by atoms with Gasteiger partial charge < -0.3 is 14.8 Å². The minimum Gasteiger partial charge on any atom is -0.380 e. The van der Waals surface area contributed by atoms with Gasteiger partial charge in [0.25, 0.3) is 0 Å². The number of hydrogen-bond donors (Lipinski definition) is 1. The van der Waals surface area contributed by atoms with Gasteiger partial charge in [-0.2, -0.15) is 0 Å². The van der Waals surface area contributed by atoms with Gasteiger partial charge in [0.1, 0.15) is 0 Å². The molecule has 1 N–H and O–H groups in total. The van der Waals surface area contributed by atoms with Gasteiger partial charge in [0.2, 0.25) is 0 Å². The van der Waals surface area contributed by atoms with E-state index in [1.54, 1.807) is 0 Å². The minimum absolute atomic E-state index is 0.373. The van der Waals surface area contributed by atoms with Gasteiger partial charge in [0.15, 0.2) is 0 Å². The fourth-order valence-corrected chi connectivity index (χ4v) is 1.68. The van der Waals surface area contributed by atoms with Crippen LogP contribution in [0.5, 0.6) is 0 Å². The van der Waals surface area contributed by atoms with Crippen LogP contribution in [0.3, 0.4) is 0 Å². The van der Waals surface area contributed by atoms with E-state index in [-0.39, 0.29) is 0 Å². The lowest BCUT2D eigenvalue weighted by Crippen LogP contribution is -2.26. The number of unbranched alkanes of at least 4 members (excludes halogenated alkanes) is 1. The second-order valence-corrected chi connectivity index (χ2v) is 5.03. The zero-order chi connectivity index (χ0) is 12.9. The van der Waals surface area contributed by atoms with Crippen molar-refractivity contribution in [2.75, 3.05) is 32.9 Å². The third-order valence-corrected chi connectivity index (χ3v) is 2.55. The highest BCUT2D eigenvalue weighted by molar-refractivity contribution is 4.54. The molecular formula is C14H31NO2. The first-order valence-corrected chi connectivity index (χ1v) is 7.06. The van der Waals surface area contributed by atoms with E-state index in [1.807, 2.05) is 0 Å². The van der Waals surface area contributed by atoms with E-state index in [0.29, 0.717) is 12.0 Å². The molecule has 1 atom stereocenters. The van der Waals surface area contributed by atoms with E-state index in [0.717, 1.165) is 45.8 Å². The second-order valence-electron chi connectivity index (χ2n) is 5.03. The molecule has 0 fully saturated rings. The second kappa shape index (κ2) is 12.3. The molecule has 0 spiro atoms. The molecule has 0 saturated heterocycles. The van der Waals surface area contributed by atoms with Crippen LogP contribution in [0, 0.1) is 5.92 Å². The van der Waals surface area contributed by atoms with Crippen LogP contribution in [0.25, 0.3) is 0 Å². The van der Waals surface area contributed by atoms with Crippen molar-refractivity contribution < 1.29 is 9.47 Å². The summed E-state index contributed by atoms with van der Waals surface area (Å²) in [7, 11) is 0. The van der Waals surface area contributed by atoms with Crippen molar-refractivity contribution >= 4 is 0 Å². The van der Waals surface area contributed by atoms with E-state index in [4.69, 9.17) is 9.47 Å². The molecule has 0 aromatic heterocycles. The molecule has 0 bridgehead atoms. The van der Waals surface area contributed by atoms with Crippen molar-refractivity contribution in [3.05, 3.63) is 0 Å². The topological polar surface area (TPSA) is 30.5 Å². The average molecular weight is 245 g/mol. The smallest absolute Gasteiger partial charge is 0.0594 e. The molecule has 3 nitrogen and oxygen atoms in total.